The Labute approximate surface area is 354 Å². The molecule has 0 aliphatic carbocycles. The van der Waals surface area contributed by atoms with E-state index in [-0.39, 0.29) is 12.8 Å². The Balaban J connectivity index is 3.20. The summed E-state index contributed by atoms with van der Waals surface area (Å²) in [7, 11) is 0. The third-order valence-corrected chi connectivity index (χ3v) is 9.48. The van der Waals surface area contributed by atoms with Crippen LogP contribution in [0, 0.1) is 11.8 Å². The maximum absolute atomic E-state index is 13.8. The van der Waals surface area contributed by atoms with Crippen molar-refractivity contribution in [2.75, 3.05) is 13.1 Å². The van der Waals surface area contributed by atoms with E-state index in [0.717, 1.165) is 0 Å². The fourth-order valence-electron chi connectivity index (χ4n) is 5.71. The lowest BCUT2D eigenvalue weighted by Gasteiger charge is -2.28. The highest BCUT2D eigenvalue weighted by molar-refractivity contribution is 5.98. The highest BCUT2D eigenvalue weighted by Gasteiger charge is 2.34. The lowest BCUT2D eigenvalue weighted by Crippen LogP contribution is -2.60. The number of amides is 8. The molecule has 0 saturated heterocycles. The van der Waals surface area contributed by atoms with Crippen LogP contribution in [0.25, 0.3) is 0 Å². The van der Waals surface area contributed by atoms with Crippen molar-refractivity contribution in [3.8, 4) is 0 Å². The molecule has 0 fully saturated rings. The van der Waals surface area contributed by atoms with Crippen LogP contribution in [-0.2, 0) is 54.4 Å². The number of carboxylic acids is 2. The summed E-state index contributed by atoms with van der Waals surface area (Å²) < 4.78 is 0. The number of rotatable bonds is 28. The van der Waals surface area contributed by atoms with Gasteiger partial charge in [-0.1, -0.05) is 64.4 Å². The Bertz CT molecular complexity index is 1700. The summed E-state index contributed by atoms with van der Waals surface area (Å²) in [6, 6.07) is -0.791. The van der Waals surface area contributed by atoms with E-state index in [0.29, 0.717) is 31.4 Å². The van der Waals surface area contributed by atoms with E-state index in [1.165, 1.54) is 6.92 Å². The number of nitrogens with one attached hydrogen (secondary N) is 7. The number of carbonyl (C=O) groups is 10. The standard InChI is InChI=1S/C39H62N10O12/c1-6-21(4)32(48-29(51)19-43-35(56)27(18-30(52)53)46-34(55)24(41)17-28(42)50)38(59)47-26(16-23-12-8-7-9-13-23)37(58)44-22(5)33(54)45-25(14-10-11-15-40)36(57)49-31(20(2)3)39(60)61/h7-9,12-13,20-22,24-27,31-32H,6,10-11,14-19,40-41H2,1-5H3,(H2,42,50)(H,43,56)(H,44,58)(H,45,54)(H,46,55)(H,47,59)(H,48,51)(H,49,57)(H,52,53)(H,60,61)/t21-,22-,24-,25-,26-,27-,31-,32-/m0/s1. The monoisotopic (exact) mass is 862 g/mol. The number of carbonyl (C=O) groups excluding carboxylic acids is 8. The van der Waals surface area contributed by atoms with Gasteiger partial charge in [0.25, 0.3) is 0 Å². The van der Waals surface area contributed by atoms with Gasteiger partial charge in [-0.05, 0) is 50.1 Å². The molecule has 1 rings (SSSR count). The molecule has 0 radical (unpaired) electrons. The zero-order valence-electron chi connectivity index (χ0n) is 35.2. The van der Waals surface area contributed by atoms with E-state index in [9.17, 15) is 58.2 Å². The number of unbranched alkanes of at least 4 members (excludes halogenated alkanes) is 1. The van der Waals surface area contributed by atoms with Crippen LogP contribution in [0.5, 0.6) is 0 Å². The number of hydrogen-bond donors (Lipinski definition) is 12. The molecule has 340 valence electrons. The summed E-state index contributed by atoms with van der Waals surface area (Å²) in [4.78, 5) is 127. The molecule has 0 saturated carbocycles. The molecule has 1 aromatic carbocycles. The van der Waals surface area contributed by atoms with E-state index in [1.807, 2.05) is 0 Å². The van der Waals surface area contributed by atoms with Crippen LogP contribution in [0.3, 0.4) is 0 Å². The van der Waals surface area contributed by atoms with Gasteiger partial charge in [0.1, 0.15) is 36.3 Å². The number of hydrogen-bond acceptors (Lipinski definition) is 12. The Morgan fingerprint density at radius 1 is 0.656 bits per heavy atom. The number of benzene rings is 1. The molecule has 0 aliphatic heterocycles. The predicted molar refractivity (Wildman–Crippen MR) is 219 cm³/mol. The second-order valence-corrected chi connectivity index (χ2v) is 15.0. The number of carboxylic acid groups (broad SMARTS) is 2. The Morgan fingerprint density at radius 2 is 1.25 bits per heavy atom. The lowest BCUT2D eigenvalue weighted by molar-refractivity contribution is -0.143. The van der Waals surface area contributed by atoms with Crippen LogP contribution in [0.1, 0.15) is 78.7 Å². The number of nitrogens with two attached hydrogens (primary N) is 3. The molecule has 15 N–H and O–H groups in total. The molecule has 1 aromatic rings. The smallest absolute Gasteiger partial charge is 0.326 e. The van der Waals surface area contributed by atoms with Gasteiger partial charge in [0.2, 0.25) is 47.3 Å². The van der Waals surface area contributed by atoms with Crippen LogP contribution >= 0.6 is 0 Å². The van der Waals surface area contributed by atoms with Gasteiger partial charge in [-0.3, -0.25) is 43.2 Å². The SMILES string of the molecule is CC[C@H](C)[C@H](NC(=O)CNC(=O)[C@H](CC(=O)O)NC(=O)[C@@H](N)CC(N)=O)C(=O)N[C@@H](Cc1ccccc1)C(=O)N[C@@H](C)C(=O)N[C@@H](CCCCN)C(=O)N[C@H](C(=O)O)C(C)C. The molecular formula is C39H62N10O12. The molecular weight excluding hydrogens is 800 g/mol. The third-order valence-electron chi connectivity index (χ3n) is 9.48. The number of primary amides is 1. The van der Waals surface area contributed by atoms with Crippen molar-refractivity contribution in [2.24, 2.45) is 29.0 Å². The van der Waals surface area contributed by atoms with Crippen LogP contribution in [0.2, 0.25) is 0 Å². The van der Waals surface area contributed by atoms with Crippen molar-refractivity contribution in [3.63, 3.8) is 0 Å². The van der Waals surface area contributed by atoms with E-state index in [2.05, 4.69) is 37.2 Å². The normalized spacial score (nSPS) is 14.9. The minimum Gasteiger partial charge on any atom is -0.481 e. The Kier molecular flexibility index (Phi) is 23.3. The molecule has 0 aromatic heterocycles. The summed E-state index contributed by atoms with van der Waals surface area (Å²) in [6.07, 6.45) is -0.0920. The zero-order valence-corrected chi connectivity index (χ0v) is 35.2. The van der Waals surface area contributed by atoms with Crippen molar-refractivity contribution in [3.05, 3.63) is 35.9 Å². The van der Waals surface area contributed by atoms with Gasteiger partial charge >= 0.3 is 11.9 Å². The van der Waals surface area contributed by atoms with E-state index >= 15 is 0 Å². The predicted octanol–water partition coefficient (Wildman–Crippen LogP) is -3.13. The van der Waals surface area contributed by atoms with Gasteiger partial charge < -0.3 is 64.6 Å². The van der Waals surface area contributed by atoms with E-state index in [1.54, 1.807) is 58.0 Å². The zero-order chi connectivity index (χ0) is 46.4. The molecule has 8 amide bonds. The van der Waals surface area contributed by atoms with Crippen molar-refractivity contribution < 1.29 is 58.2 Å². The molecule has 0 spiro atoms. The van der Waals surface area contributed by atoms with E-state index in [4.69, 9.17) is 17.2 Å². The number of aliphatic carboxylic acids is 2. The van der Waals surface area contributed by atoms with Gasteiger partial charge in [-0.15, -0.1) is 0 Å². The minimum absolute atomic E-state index is 0.0559. The van der Waals surface area contributed by atoms with Crippen molar-refractivity contribution in [1.29, 1.82) is 0 Å². The first-order valence-electron chi connectivity index (χ1n) is 19.9. The Morgan fingerprint density at radius 3 is 1.79 bits per heavy atom. The highest BCUT2D eigenvalue weighted by atomic mass is 16.4. The third kappa shape index (κ3) is 19.6. The fraction of sp³-hybridized carbons (Fsp3) is 0.590. The van der Waals surface area contributed by atoms with Crippen LogP contribution in [-0.4, -0.2) is 125 Å². The first-order chi connectivity index (χ1) is 28.6. The van der Waals surface area contributed by atoms with Gasteiger partial charge in [-0.2, -0.15) is 0 Å². The maximum atomic E-state index is 13.8. The summed E-state index contributed by atoms with van der Waals surface area (Å²) in [5.74, 6) is -10.7. The maximum Gasteiger partial charge on any atom is 0.326 e. The summed E-state index contributed by atoms with van der Waals surface area (Å²) in [6.45, 7) is 7.53. The molecule has 0 heterocycles. The highest BCUT2D eigenvalue weighted by Crippen LogP contribution is 2.11. The van der Waals surface area contributed by atoms with Gasteiger partial charge in [0.05, 0.1) is 25.4 Å². The second kappa shape index (κ2) is 26.8. The van der Waals surface area contributed by atoms with Crippen molar-refractivity contribution >= 4 is 59.2 Å². The molecule has 8 atom stereocenters. The van der Waals surface area contributed by atoms with Gasteiger partial charge in [0, 0.05) is 6.42 Å². The average Bonchev–Trinajstić information content (AvgIpc) is 3.19. The molecule has 0 aliphatic rings. The molecule has 0 bridgehead atoms. The molecule has 0 unspecified atom stereocenters. The second-order valence-electron chi connectivity index (χ2n) is 15.0. The summed E-state index contributed by atoms with van der Waals surface area (Å²) >= 11 is 0. The van der Waals surface area contributed by atoms with Crippen LogP contribution in [0.4, 0.5) is 0 Å². The summed E-state index contributed by atoms with van der Waals surface area (Å²) in [5.41, 5.74) is 16.8. The molecule has 22 nitrogen and oxygen atoms in total. The van der Waals surface area contributed by atoms with Gasteiger partial charge in [-0.25, -0.2) is 4.79 Å². The van der Waals surface area contributed by atoms with Gasteiger partial charge in [0.15, 0.2) is 0 Å². The first-order valence-corrected chi connectivity index (χ1v) is 19.9. The largest absolute Gasteiger partial charge is 0.481 e. The lowest BCUT2D eigenvalue weighted by atomic mass is 9.97. The topological polar surface area (TPSA) is 373 Å². The first kappa shape index (κ1) is 52.9. The molecule has 22 heteroatoms. The quantitative estimate of drug-likeness (QED) is 0.0371. The van der Waals surface area contributed by atoms with Crippen molar-refractivity contribution in [2.45, 2.75) is 122 Å². The minimum atomic E-state index is -1.69. The van der Waals surface area contributed by atoms with Crippen LogP contribution in [0.15, 0.2) is 30.3 Å². The molecule has 61 heavy (non-hydrogen) atoms. The van der Waals surface area contributed by atoms with E-state index < -0.39 is 133 Å². The Hall–Kier alpha value is -6.16. The van der Waals surface area contributed by atoms with Crippen molar-refractivity contribution in [1.82, 2.24) is 37.2 Å². The summed E-state index contributed by atoms with van der Waals surface area (Å²) in [5, 5.41) is 35.9. The van der Waals surface area contributed by atoms with Crippen LogP contribution < -0.4 is 54.4 Å². The fourth-order valence-corrected chi connectivity index (χ4v) is 5.71. The average molecular weight is 863 g/mol.